The topological polar surface area (TPSA) is 72.9 Å². The maximum atomic E-state index is 13.2. The molecule has 160 valence electrons. The van der Waals surface area contributed by atoms with Crippen LogP contribution in [0.2, 0.25) is 0 Å². The third kappa shape index (κ3) is 2.90. The van der Waals surface area contributed by atoms with Gasteiger partial charge >= 0.3 is 0 Å². The molecule has 0 radical (unpaired) electrons. The number of fused-ring (bicyclic) bond motifs is 2. The lowest BCUT2D eigenvalue weighted by atomic mass is 9.52. The monoisotopic (exact) mass is 423 g/mol. The van der Waals surface area contributed by atoms with Crippen molar-refractivity contribution in [3.8, 4) is 11.3 Å². The average Bonchev–Trinajstić information content (AvgIpc) is 3.24. The minimum Gasteiger partial charge on any atom is -0.350 e. The number of hydrogen-bond acceptors (Lipinski definition) is 5. The molecule has 31 heavy (non-hydrogen) atoms. The molecular weight excluding hydrogens is 400 g/mol. The summed E-state index contributed by atoms with van der Waals surface area (Å²) < 4.78 is 30.3. The highest BCUT2D eigenvalue weighted by Crippen LogP contribution is 2.62. The van der Waals surface area contributed by atoms with Crippen molar-refractivity contribution in [1.29, 1.82) is 0 Å². The number of imidazole rings is 1. The number of halogens is 2. The fourth-order valence-corrected chi connectivity index (χ4v) is 5.43. The van der Waals surface area contributed by atoms with Crippen LogP contribution in [0.5, 0.6) is 0 Å². The van der Waals surface area contributed by atoms with Gasteiger partial charge in [0.2, 0.25) is 11.9 Å². The summed E-state index contributed by atoms with van der Waals surface area (Å²) in [6.45, 7) is 4.88. The van der Waals surface area contributed by atoms with E-state index in [9.17, 15) is 8.78 Å². The van der Waals surface area contributed by atoms with Crippen LogP contribution in [0.1, 0.15) is 38.4 Å². The Morgan fingerprint density at radius 2 is 1.97 bits per heavy atom. The number of hydrogen-bond donors (Lipinski definition) is 1. The number of alkyl halides is 2. The summed E-state index contributed by atoms with van der Waals surface area (Å²) in [5.41, 5.74) is 4.25. The summed E-state index contributed by atoms with van der Waals surface area (Å²) in [5, 5.41) is 7.86. The van der Waals surface area contributed by atoms with E-state index in [1.54, 1.807) is 10.7 Å². The van der Waals surface area contributed by atoms with E-state index in [4.69, 9.17) is 4.98 Å². The zero-order valence-electron chi connectivity index (χ0n) is 17.4. The molecule has 0 aromatic carbocycles. The molecule has 4 aromatic heterocycles. The molecule has 1 N–H and O–H groups in total. The van der Waals surface area contributed by atoms with Crippen LogP contribution in [0.25, 0.3) is 27.9 Å². The molecule has 2 fully saturated rings. The SMILES string of the molecule is CCn1c(C)nc2ccc(-c3ccn4nc(NC5CC6(C5)CC(F)(F)C6)ncc34)nc21. The predicted molar refractivity (Wildman–Crippen MR) is 113 cm³/mol. The van der Waals surface area contributed by atoms with Gasteiger partial charge in [0.1, 0.15) is 11.3 Å². The standard InChI is InChI=1S/C22H23F2N7/c1-3-30-13(2)26-17-5-4-16(28-19(17)30)15-6-7-31-18(15)10-25-20(29-31)27-14-8-21(9-14)11-22(23,24)12-21/h4-7,10,14H,3,8-9,11-12H2,1-2H3,(H,27,29). The molecular formula is C22H23F2N7. The summed E-state index contributed by atoms with van der Waals surface area (Å²) in [6.07, 6.45) is 5.23. The summed E-state index contributed by atoms with van der Waals surface area (Å²) in [5.74, 6) is -0.998. The molecule has 2 aliphatic carbocycles. The van der Waals surface area contributed by atoms with E-state index in [-0.39, 0.29) is 24.3 Å². The lowest BCUT2D eigenvalue weighted by Crippen LogP contribution is -2.57. The van der Waals surface area contributed by atoms with Crippen molar-refractivity contribution in [2.75, 3.05) is 5.32 Å². The summed E-state index contributed by atoms with van der Waals surface area (Å²) in [7, 11) is 0. The highest BCUT2D eigenvalue weighted by atomic mass is 19.3. The van der Waals surface area contributed by atoms with Gasteiger partial charge in [0.25, 0.3) is 0 Å². The molecule has 4 aromatic rings. The van der Waals surface area contributed by atoms with Gasteiger partial charge in [-0.25, -0.2) is 28.2 Å². The Hall–Kier alpha value is -3.10. The molecule has 0 unspecified atom stereocenters. The Bertz CT molecular complexity index is 1310. The molecule has 4 heterocycles. The van der Waals surface area contributed by atoms with Crippen LogP contribution in [-0.4, -0.2) is 41.1 Å². The van der Waals surface area contributed by atoms with Crippen molar-refractivity contribution < 1.29 is 8.78 Å². The Kier molecular flexibility index (Phi) is 3.74. The smallest absolute Gasteiger partial charge is 0.249 e. The number of rotatable bonds is 4. The van der Waals surface area contributed by atoms with E-state index in [2.05, 4.69) is 31.9 Å². The van der Waals surface area contributed by atoms with Crippen LogP contribution >= 0.6 is 0 Å². The number of anilines is 1. The Morgan fingerprint density at radius 1 is 1.16 bits per heavy atom. The van der Waals surface area contributed by atoms with E-state index in [1.807, 2.05) is 31.3 Å². The second kappa shape index (κ2) is 6.21. The lowest BCUT2D eigenvalue weighted by Gasteiger charge is -2.57. The Labute approximate surface area is 177 Å². The van der Waals surface area contributed by atoms with Crippen LogP contribution < -0.4 is 5.32 Å². The van der Waals surface area contributed by atoms with E-state index in [1.165, 1.54) is 0 Å². The molecule has 7 nitrogen and oxygen atoms in total. The van der Waals surface area contributed by atoms with Gasteiger partial charge in [-0.05, 0) is 50.3 Å². The van der Waals surface area contributed by atoms with Gasteiger partial charge in [0, 0.05) is 37.2 Å². The minimum absolute atomic E-state index is 0.0207. The summed E-state index contributed by atoms with van der Waals surface area (Å²) in [4.78, 5) is 13.9. The molecule has 0 saturated heterocycles. The first-order valence-corrected chi connectivity index (χ1v) is 10.7. The van der Waals surface area contributed by atoms with Crippen molar-refractivity contribution in [1.82, 2.24) is 29.1 Å². The number of aromatic nitrogens is 6. The van der Waals surface area contributed by atoms with Gasteiger partial charge < -0.3 is 9.88 Å². The quantitative estimate of drug-likeness (QED) is 0.525. The first-order chi connectivity index (χ1) is 14.8. The van der Waals surface area contributed by atoms with Crippen LogP contribution in [-0.2, 0) is 6.54 Å². The molecule has 0 atom stereocenters. The van der Waals surface area contributed by atoms with Crippen LogP contribution in [0.4, 0.5) is 14.7 Å². The van der Waals surface area contributed by atoms with Crippen molar-refractivity contribution in [3.05, 3.63) is 36.4 Å². The van der Waals surface area contributed by atoms with Gasteiger partial charge in [0.15, 0.2) is 5.65 Å². The van der Waals surface area contributed by atoms with Gasteiger partial charge in [-0.15, -0.1) is 5.10 Å². The second-order valence-corrected chi connectivity index (χ2v) is 9.04. The van der Waals surface area contributed by atoms with Gasteiger partial charge in [0.05, 0.1) is 17.4 Å². The van der Waals surface area contributed by atoms with E-state index < -0.39 is 5.92 Å². The summed E-state index contributed by atoms with van der Waals surface area (Å²) in [6, 6.07) is 6.10. The highest BCUT2D eigenvalue weighted by Gasteiger charge is 2.61. The first kappa shape index (κ1) is 18.7. The van der Waals surface area contributed by atoms with Gasteiger partial charge in [-0.1, -0.05) is 0 Å². The maximum Gasteiger partial charge on any atom is 0.249 e. The van der Waals surface area contributed by atoms with Crippen LogP contribution in [0.15, 0.2) is 30.6 Å². The first-order valence-electron chi connectivity index (χ1n) is 10.7. The Balaban J connectivity index is 1.25. The fourth-order valence-electron chi connectivity index (χ4n) is 5.43. The van der Waals surface area contributed by atoms with Crippen molar-refractivity contribution in [2.24, 2.45) is 5.41 Å². The fraction of sp³-hybridized carbons (Fsp3) is 0.455. The summed E-state index contributed by atoms with van der Waals surface area (Å²) >= 11 is 0. The second-order valence-electron chi connectivity index (χ2n) is 9.04. The van der Waals surface area contributed by atoms with Gasteiger partial charge in [-0.2, -0.15) is 0 Å². The van der Waals surface area contributed by atoms with Crippen LogP contribution in [0, 0.1) is 12.3 Å². The zero-order chi connectivity index (χ0) is 21.4. The minimum atomic E-state index is -2.47. The molecule has 0 bridgehead atoms. The third-order valence-corrected chi connectivity index (χ3v) is 6.75. The number of aryl methyl sites for hydroxylation is 2. The molecule has 0 aliphatic heterocycles. The number of nitrogens with one attached hydrogen (secondary N) is 1. The molecule has 2 saturated carbocycles. The van der Waals surface area contributed by atoms with Crippen molar-refractivity contribution in [2.45, 2.75) is 58.0 Å². The van der Waals surface area contributed by atoms with Crippen molar-refractivity contribution in [3.63, 3.8) is 0 Å². The molecule has 0 amide bonds. The number of pyridine rings is 1. The molecule has 1 spiro atoms. The van der Waals surface area contributed by atoms with E-state index in [0.29, 0.717) is 5.95 Å². The average molecular weight is 423 g/mol. The highest BCUT2D eigenvalue weighted by molar-refractivity contribution is 5.82. The van der Waals surface area contributed by atoms with Crippen molar-refractivity contribution >= 4 is 22.6 Å². The van der Waals surface area contributed by atoms with Gasteiger partial charge in [-0.3, -0.25) is 0 Å². The maximum absolute atomic E-state index is 13.2. The molecule has 9 heteroatoms. The number of nitrogens with zero attached hydrogens (tertiary/aromatic N) is 6. The zero-order valence-corrected chi connectivity index (χ0v) is 17.4. The molecule has 2 aliphatic rings. The predicted octanol–water partition coefficient (Wildman–Crippen LogP) is 4.46. The Morgan fingerprint density at radius 3 is 2.71 bits per heavy atom. The lowest BCUT2D eigenvalue weighted by molar-refractivity contribution is -0.193. The third-order valence-electron chi connectivity index (χ3n) is 6.75. The molecule has 6 rings (SSSR count). The van der Waals surface area contributed by atoms with E-state index >= 15 is 0 Å². The normalized spacial score (nSPS) is 19.6. The largest absolute Gasteiger partial charge is 0.350 e. The van der Waals surface area contributed by atoms with Crippen LogP contribution in [0.3, 0.4) is 0 Å². The van der Waals surface area contributed by atoms with E-state index in [0.717, 1.165) is 53.1 Å².